The summed E-state index contributed by atoms with van der Waals surface area (Å²) >= 11 is 0. The molecule has 314 valence electrons. The van der Waals surface area contributed by atoms with Gasteiger partial charge in [-0.2, -0.15) is 0 Å². The number of carboxylic acids is 1. The highest BCUT2D eigenvalue weighted by Gasteiger charge is 2.34. The Hall–Kier alpha value is -5.35. The Kier molecular flexibility index (Phi) is 19.9. The first-order valence-corrected chi connectivity index (χ1v) is 18.8. The number of carbonyl (C=O) groups excluding carboxylic acids is 6. The number of nitrogens with two attached hydrogens (primary N) is 4. The third-order valence-corrected chi connectivity index (χ3v) is 8.33. The van der Waals surface area contributed by atoms with Gasteiger partial charge in [0.05, 0.1) is 12.1 Å². The largest absolute Gasteiger partial charge is 0.524 e. The molecule has 0 unspecified atom stereocenters. The maximum absolute atomic E-state index is 13.7. The first kappa shape index (κ1) is 48.7. The number of aliphatic imine (C=N–C) groups is 1. The van der Waals surface area contributed by atoms with Crippen LogP contribution >= 0.6 is 7.82 Å². The number of hydrogen-bond donors (Lipinski definition) is 13. The molecule has 0 aliphatic heterocycles. The summed E-state index contributed by atoms with van der Waals surface area (Å²) in [5, 5.41) is 31.7. The summed E-state index contributed by atoms with van der Waals surface area (Å²) in [5.41, 5.74) is 22.0. The van der Waals surface area contributed by atoms with Crippen LogP contribution in [0.3, 0.4) is 0 Å². The summed E-state index contributed by atoms with van der Waals surface area (Å²) in [6.07, 6.45) is -2.10. The summed E-state index contributed by atoms with van der Waals surface area (Å²) in [4.78, 5) is 111. The van der Waals surface area contributed by atoms with Crippen LogP contribution in [0.5, 0.6) is 5.75 Å². The SMILES string of the molecule is CC(C)[C@H](NC(=O)[C@H](CCC(N)=O)NC(=O)[C@H](C)NC(=O)[C@H](Cc1ccc(OP(=O)(O)O)cc1)NC(=O)[C@@H](NC(=O)[C@@H](N)CCCN=C(N)N)[C@@H](C)O)C(=O)O. The highest BCUT2D eigenvalue weighted by Crippen LogP contribution is 2.37. The highest BCUT2D eigenvalue weighted by molar-refractivity contribution is 7.46. The number of guanidine groups is 1. The fourth-order valence-corrected chi connectivity index (χ4v) is 5.24. The molecule has 17 N–H and O–H groups in total. The van der Waals surface area contributed by atoms with E-state index in [1.807, 2.05) is 0 Å². The molecule has 6 amide bonds. The maximum Gasteiger partial charge on any atom is 0.524 e. The van der Waals surface area contributed by atoms with E-state index in [9.17, 15) is 48.3 Å². The molecule has 0 saturated carbocycles. The second-order valence-corrected chi connectivity index (χ2v) is 14.3. The smallest absolute Gasteiger partial charge is 0.480 e. The Morgan fingerprint density at radius 2 is 1.32 bits per heavy atom. The Labute approximate surface area is 322 Å². The molecule has 23 nitrogen and oxygen atoms in total. The number of phosphoric ester groups is 1. The van der Waals surface area contributed by atoms with E-state index in [4.69, 9.17) is 32.7 Å². The number of nitrogens with one attached hydrogen (secondary N) is 5. The number of aliphatic carboxylic acids is 1. The van der Waals surface area contributed by atoms with Gasteiger partial charge in [-0.05, 0) is 56.7 Å². The Morgan fingerprint density at radius 3 is 1.82 bits per heavy atom. The second kappa shape index (κ2) is 22.9. The van der Waals surface area contributed by atoms with E-state index in [1.165, 1.54) is 38.1 Å². The molecular weight excluding hydrogens is 763 g/mol. The number of benzene rings is 1. The molecule has 1 aromatic rings. The van der Waals surface area contributed by atoms with Crippen molar-refractivity contribution in [2.45, 2.75) is 102 Å². The van der Waals surface area contributed by atoms with Gasteiger partial charge in [-0.3, -0.25) is 43.5 Å². The zero-order chi connectivity index (χ0) is 42.9. The normalized spacial score (nSPS) is 15.0. The molecule has 0 aliphatic rings. The van der Waals surface area contributed by atoms with Gasteiger partial charge >= 0.3 is 13.8 Å². The molecule has 0 saturated heterocycles. The zero-order valence-corrected chi connectivity index (χ0v) is 32.2. The minimum atomic E-state index is -4.90. The van der Waals surface area contributed by atoms with Crippen LogP contribution in [-0.4, -0.2) is 116 Å². The van der Waals surface area contributed by atoms with Crippen LogP contribution in [0.25, 0.3) is 0 Å². The zero-order valence-electron chi connectivity index (χ0n) is 31.3. The molecule has 56 heavy (non-hydrogen) atoms. The van der Waals surface area contributed by atoms with Gasteiger partial charge < -0.3 is 64.3 Å². The summed E-state index contributed by atoms with van der Waals surface area (Å²) in [7, 11) is -4.90. The van der Waals surface area contributed by atoms with E-state index in [2.05, 4.69) is 36.1 Å². The standard InChI is InChI=1S/C32H53N10O13P/c1-15(2)24(31(50)51)41-28(47)21(11-12-23(34)44)39-26(45)16(3)38-29(48)22(14-18-7-9-19(10-8-18)55-56(52,53)54)40-30(49)25(17(4)43)42-27(46)20(33)6-5-13-37-32(35)36/h7-10,15-17,20-22,24-25,43H,5-6,11-14,33H2,1-4H3,(H2,34,44)(H,38,48)(H,39,45)(H,40,49)(H,41,47)(H,42,46)(H,50,51)(H4,35,36,37)(H2,52,53,54)/t16-,17+,20-,21-,22-,24-,25-/m0/s1. The van der Waals surface area contributed by atoms with Gasteiger partial charge in [0.25, 0.3) is 0 Å². The molecule has 0 spiro atoms. The third kappa shape index (κ3) is 18.3. The van der Waals surface area contributed by atoms with Crippen molar-refractivity contribution in [1.29, 1.82) is 0 Å². The second-order valence-electron chi connectivity index (χ2n) is 13.1. The van der Waals surface area contributed by atoms with Crippen LogP contribution in [0.15, 0.2) is 29.3 Å². The Balaban J connectivity index is 3.30. The van der Waals surface area contributed by atoms with Gasteiger partial charge in [0.1, 0.15) is 36.0 Å². The fourth-order valence-electron chi connectivity index (χ4n) is 4.85. The predicted octanol–water partition coefficient (Wildman–Crippen LogP) is -4.09. The average molecular weight is 817 g/mol. The minimum absolute atomic E-state index is 0.104. The Morgan fingerprint density at radius 1 is 0.768 bits per heavy atom. The molecule has 0 bridgehead atoms. The van der Waals surface area contributed by atoms with E-state index >= 15 is 0 Å². The van der Waals surface area contributed by atoms with Crippen molar-refractivity contribution in [3.05, 3.63) is 29.8 Å². The lowest BCUT2D eigenvalue weighted by Gasteiger charge is -2.27. The monoisotopic (exact) mass is 816 g/mol. The number of rotatable bonds is 24. The summed E-state index contributed by atoms with van der Waals surface area (Å²) in [5.74, 6) is -7.81. The van der Waals surface area contributed by atoms with Crippen molar-refractivity contribution >= 4 is 55.2 Å². The fraction of sp³-hybridized carbons (Fsp3) is 0.562. The molecular formula is C32H53N10O13P. The van der Waals surface area contributed by atoms with E-state index in [0.29, 0.717) is 12.0 Å². The summed E-state index contributed by atoms with van der Waals surface area (Å²) < 4.78 is 15.8. The van der Waals surface area contributed by atoms with E-state index in [1.54, 1.807) is 13.8 Å². The molecule has 1 aromatic carbocycles. The number of nitrogens with zero attached hydrogens (tertiary/aromatic N) is 1. The maximum atomic E-state index is 13.7. The Bertz CT molecular complexity index is 1620. The van der Waals surface area contributed by atoms with Crippen LogP contribution in [0.4, 0.5) is 0 Å². The molecule has 0 aliphatic carbocycles. The van der Waals surface area contributed by atoms with Crippen molar-refractivity contribution in [2.24, 2.45) is 33.8 Å². The number of phosphoric acid groups is 1. The number of carbonyl (C=O) groups is 7. The lowest BCUT2D eigenvalue weighted by atomic mass is 10.0. The third-order valence-electron chi connectivity index (χ3n) is 7.88. The quantitative estimate of drug-likeness (QED) is 0.0204. The van der Waals surface area contributed by atoms with Gasteiger partial charge in [0.2, 0.25) is 35.4 Å². The van der Waals surface area contributed by atoms with Gasteiger partial charge in [-0.15, -0.1) is 0 Å². The van der Waals surface area contributed by atoms with Crippen LogP contribution < -0.4 is 54.0 Å². The molecule has 24 heteroatoms. The van der Waals surface area contributed by atoms with Gasteiger partial charge in [-0.25, -0.2) is 9.36 Å². The predicted molar refractivity (Wildman–Crippen MR) is 199 cm³/mol. The van der Waals surface area contributed by atoms with Crippen molar-refractivity contribution < 1.29 is 62.7 Å². The number of primary amides is 1. The summed E-state index contributed by atoms with van der Waals surface area (Å²) in [6, 6.07) is -3.50. The van der Waals surface area contributed by atoms with E-state index < -0.39 is 97.5 Å². The topological polar surface area (TPSA) is 403 Å². The molecule has 0 heterocycles. The van der Waals surface area contributed by atoms with Crippen LogP contribution in [0.2, 0.25) is 0 Å². The number of aliphatic hydroxyl groups is 1. The van der Waals surface area contributed by atoms with Crippen molar-refractivity contribution in [3.63, 3.8) is 0 Å². The molecule has 0 aromatic heterocycles. The summed E-state index contributed by atoms with van der Waals surface area (Å²) in [6.45, 7) is 5.68. The number of aliphatic hydroxyl groups excluding tert-OH is 1. The first-order valence-electron chi connectivity index (χ1n) is 17.3. The lowest BCUT2D eigenvalue weighted by molar-refractivity contribution is -0.143. The lowest BCUT2D eigenvalue weighted by Crippen LogP contribution is -2.61. The van der Waals surface area contributed by atoms with Crippen molar-refractivity contribution in [1.82, 2.24) is 26.6 Å². The van der Waals surface area contributed by atoms with E-state index in [-0.39, 0.29) is 43.9 Å². The molecule has 1 rings (SSSR count). The number of amides is 6. The minimum Gasteiger partial charge on any atom is -0.480 e. The van der Waals surface area contributed by atoms with Crippen molar-refractivity contribution in [2.75, 3.05) is 6.54 Å². The highest BCUT2D eigenvalue weighted by atomic mass is 31.2. The number of hydrogen-bond acceptors (Lipinski definition) is 12. The van der Waals surface area contributed by atoms with Gasteiger partial charge in [0, 0.05) is 19.4 Å². The van der Waals surface area contributed by atoms with Crippen LogP contribution in [0.1, 0.15) is 58.9 Å². The average Bonchev–Trinajstić information content (AvgIpc) is 3.08. The molecule has 0 fully saturated rings. The van der Waals surface area contributed by atoms with Crippen molar-refractivity contribution in [3.8, 4) is 5.75 Å². The first-order chi connectivity index (χ1) is 25.9. The van der Waals surface area contributed by atoms with Crippen LogP contribution in [-0.2, 0) is 44.5 Å². The molecule has 0 radical (unpaired) electrons. The van der Waals surface area contributed by atoms with Crippen LogP contribution in [0, 0.1) is 5.92 Å². The van der Waals surface area contributed by atoms with E-state index in [0.717, 1.165) is 0 Å². The van der Waals surface area contributed by atoms with Gasteiger partial charge in [0.15, 0.2) is 5.96 Å². The number of carboxylic acid groups (broad SMARTS) is 1. The van der Waals surface area contributed by atoms with Gasteiger partial charge in [-0.1, -0.05) is 26.0 Å². The molecule has 7 atom stereocenters.